The van der Waals surface area contributed by atoms with Gasteiger partial charge in [-0.25, -0.2) is 0 Å². The normalized spacial score (nSPS) is 12.8. The highest BCUT2D eigenvalue weighted by molar-refractivity contribution is 5.71. The van der Waals surface area contributed by atoms with Gasteiger partial charge in [0.05, 0.1) is 0 Å². The molecular formula is C50H82O6. The van der Waals surface area contributed by atoms with Crippen molar-refractivity contribution in [2.75, 3.05) is 13.2 Å². The predicted octanol–water partition coefficient (Wildman–Crippen LogP) is 14.5. The fourth-order valence-corrected chi connectivity index (χ4v) is 5.86. The molecule has 0 rings (SSSR count). The quantitative estimate of drug-likeness (QED) is 0.0203. The van der Waals surface area contributed by atoms with Crippen LogP contribution >= 0.6 is 0 Å². The van der Waals surface area contributed by atoms with E-state index in [1.54, 1.807) is 0 Å². The summed E-state index contributed by atoms with van der Waals surface area (Å²) in [7, 11) is 0. The highest BCUT2D eigenvalue weighted by Gasteiger charge is 2.19. The minimum absolute atomic E-state index is 0.0943. The summed E-state index contributed by atoms with van der Waals surface area (Å²) >= 11 is 0. The van der Waals surface area contributed by atoms with Gasteiger partial charge in [0, 0.05) is 19.3 Å². The number of rotatable bonds is 39. The molecule has 0 fully saturated rings. The van der Waals surface area contributed by atoms with E-state index in [9.17, 15) is 14.4 Å². The maximum Gasteiger partial charge on any atom is 0.306 e. The Morgan fingerprint density at radius 1 is 0.375 bits per heavy atom. The molecule has 0 aromatic carbocycles. The largest absolute Gasteiger partial charge is 0.462 e. The van der Waals surface area contributed by atoms with Crippen molar-refractivity contribution in [2.24, 2.45) is 0 Å². The highest BCUT2D eigenvalue weighted by atomic mass is 16.6. The van der Waals surface area contributed by atoms with Gasteiger partial charge >= 0.3 is 17.9 Å². The Labute approximate surface area is 344 Å². The van der Waals surface area contributed by atoms with Crippen molar-refractivity contribution in [1.82, 2.24) is 0 Å². The van der Waals surface area contributed by atoms with Crippen LogP contribution in [0, 0.1) is 0 Å². The molecule has 318 valence electrons. The van der Waals surface area contributed by atoms with Crippen molar-refractivity contribution in [3.05, 3.63) is 85.1 Å². The van der Waals surface area contributed by atoms with Crippen LogP contribution in [0.4, 0.5) is 0 Å². The molecule has 0 aliphatic carbocycles. The van der Waals surface area contributed by atoms with Gasteiger partial charge in [0.1, 0.15) is 13.2 Å². The average molecular weight is 779 g/mol. The lowest BCUT2D eigenvalue weighted by Crippen LogP contribution is -2.30. The molecule has 6 nitrogen and oxygen atoms in total. The molecule has 0 saturated carbocycles. The monoisotopic (exact) mass is 779 g/mol. The molecule has 0 N–H and O–H groups in total. The first kappa shape index (κ1) is 52.6. The summed E-state index contributed by atoms with van der Waals surface area (Å²) in [6, 6.07) is 0. The molecule has 56 heavy (non-hydrogen) atoms. The second-order valence-corrected chi connectivity index (χ2v) is 14.7. The standard InChI is InChI=1S/C50H82O6/c1-4-7-10-13-16-19-22-23-24-25-26-27-29-31-34-37-40-43-49(52)55-46-47(45-54-48(51)42-39-36-33-30-21-18-15-12-9-6-3)56-50(53)44-41-38-35-32-28-20-17-14-11-8-5-2/h7,10,13-14,16-17,19,22-27,29,47H,4-6,8-9,11-12,15,18,20-21,28,30-46H2,1-3H3/b10-7-,16-13-,17-14-,22-19-,24-23-,26-25+,29-27-. The molecule has 0 aromatic heterocycles. The summed E-state index contributed by atoms with van der Waals surface area (Å²) in [4.78, 5) is 37.7. The summed E-state index contributed by atoms with van der Waals surface area (Å²) in [6.07, 6.45) is 55.6. The van der Waals surface area contributed by atoms with Gasteiger partial charge in [-0.3, -0.25) is 14.4 Å². The Hall–Kier alpha value is -3.41. The Morgan fingerprint density at radius 2 is 0.732 bits per heavy atom. The van der Waals surface area contributed by atoms with Crippen LogP contribution in [0.1, 0.15) is 194 Å². The van der Waals surface area contributed by atoms with Gasteiger partial charge in [0.25, 0.3) is 0 Å². The number of allylic oxidation sites excluding steroid dienone is 14. The van der Waals surface area contributed by atoms with Gasteiger partial charge in [0.2, 0.25) is 0 Å². The van der Waals surface area contributed by atoms with Gasteiger partial charge in [-0.1, -0.05) is 202 Å². The molecule has 1 unspecified atom stereocenters. The maximum atomic E-state index is 12.7. The van der Waals surface area contributed by atoms with Crippen LogP contribution in [0.25, 0.3) is 0 Å². The first-order valence-electron chi connectivity index (χ1n) is 22.7. The van der Waals surface area contributed by atoms with Crippen molar-refractivity contribution >= 4 is 17.9 Å². The first-order valence-corrected chi connectivity index (χ1v) is 22.7. The molecular weight excluding hydrogens is 697 g/mol. The molecule has 0 aromatic rings. The smallest absolute Gasteiger partial charge is 0.306 e. The average Bonchev–Trinajstić information content (AvgIpc) is 3.19. The molecule has 0 radical (unpaired) electrons. The van der Waals surface area contributed by atoms with Crippen LogP contribution in [0.2, 0.25) is 0 Å². The van der Waals surface area contributed by atoms with Gasteiger partial charge in [-0.05, 0) is 57.8 Å². The van der Waals surface area contributed by atoms with Crippen LogP contribution in [-0.2, 0) is 28.6 Å². The molecule has 6 heteroatoms. The van der Waals surface area contributed by atoms with Gasteiger partial charge in [-0.2, -0.15) is 0 Å². The van der Waals surface area contributed by atoms with Crippen molar-refractivity contribution in [3.63, 3.8) is 0 Å². The molecule has 0 heterocycles. The van der Waals surface area contributed by atoms with Crippen molar-refractivity contribution in [1.29, 1.82) is 0 Å². The molecule has 0 saturated heterocycles. The number of hydrogen-bond acceptors (Lipinski definition) is 6. The molecule has 0 spiro atoms. The van der Waals surface area contributed by atoms with E-state index in [2.05, 4.69) is 45.1 Å². The Kier molecular flexibility index (Phi) is 41.6. The molecule has 0 bridgehead atoms. The van der Waals surface area contributed by atoms with E-state index in [-0.39, 0.29) is 31.1 Å². The van der Waals surface area contributed by atoms with E-state index in [4.69, 9.17) is 14.2 Å². The minimum atomic E-state index is -0.795. The summed E-state index contributed by atoms with van der Waals surface area (Å²) < 4.78 is 16.6. The summed E-state index contributed by atoms with van der Waals surface area (Å²) in [6.45, 7) is 6.37. The van der Waals surface area contributed by atoms with E-state index in [1.165, 1.54) is 70.6 Å². The third-order valence-electron chi connectivity index (χ3n) is 9.30. The molecule has 1 atom stereocenters. The van der Waals surface area contributed by atoms with Crippen LogP contribution in [0.3, 0.4) is 0 Å². The number of unbranched alkanes of at least 4 members (excludes halogenated alkanes) is 19. The Balaban J connectivity index is 4.48. The van der Waals surface area contributed by atoms with E-state index in [1.807, 2.05) is 60.8 Å². The highest BCUT2D eigenvalue weighted by Crippen LogP contribution is 2.13. The molecule has 0 amide bonds. The topological polar surface area (TPSA) is 78.9 Å². The Morgan fingerprint density at radius 3 is 1.21 bits per heavy atom. The van der Waals surface area contributed by atoms with Gasteiger partial charge in [0.15, 0.2) is 6.10 Å². The third-order valence-corrected chi connectivity index (χ3v) is 9.30. The summed E-state index contributed by atoms with van der Waals surface area (Å²) in [5, 5.41) is 0. The zero-order valence-electron chi connectivity index (χ0n) is 36.1. The fraction of sp³-hybridized carbons (Fsp3) is 0.660. The van der Waals surface area contributed by atoms with Crippen molar-refractivity contribution < 1.29 is 28.6 Å². The van der Waals surface area contributed by atoms with Gasteiger partial charge < -0.3 is 14.2 Å². The van der Waals surface area contributed by atoms with Crippen molar-refractivity contribution in [3.8, 4) is 0 Å². The van der Waals surface area contributed by atoms with E-state index in [0.29, 0.717) is 19.3 Å². The Bertz CT molecular complexity index is 1120. The zero-order chi connectivity index (χ0) is 40.8. The van der Waals surface area contributed by atoms with Crippen LogP contribution < -0.4 is 0 Å². The predicted molar refractivity (Wildman–Crippen MR) is 237 cm³/mol. The number of ether oxygens (including phenoxy) is 3. The lowest BCUT2D eigenvalue weighted by Gasteiger charge is -2.18. The van der Waals surface area contributed by atoms with Crippen LogP contribution in [0.15, 0.2) is 85.1 Å². The number of esters is 3. The summed E-state index contributed by atoms with van der Waals surface area (Å²) in [5.74, 6) is -0.959. The second kappa shape index (κ2) is 44.3. The molecule has 0 aliphatic heterocycles. The van der Waals surface area contributed by atoms with Crippen LogP contribution in [-0.4, -0.2) is 37.2 Å². The minimum Gasteiger partial charge on any atom is -0.462 e. The van der Waals surface area contributed by atoms with Gasteiger partial charge in [-0.15, -0.1) is 0 Å². The maximum absolute atomic E-state index is 12.7. The lowest BCUT2D eigenvalue weighted by molar-refractivity contribution is -0.167. The molecule has 0 aliphatic rings. The van der Waals surface area contributed by atoms with E-state index in [0.717, 1.165) is 83.5 Å². The lowest BCUT2D eigenvalue weighted by atomic mass is 10.1. The third kappa shape index (κ3) is 41.7. The first-order chi connectivity index (χ1) is 27.5. The summed E-state index contributed by atoms with van der Waals surface area (Å²) in [5.41, 5.74) is 0. The zero-order valence-corrected chi connectivity index (χ0v) is 36.1. The van der Waals surface area contributed by atoms with E-state index < -0.39 is 6.10 Å². The second-order valence-electron chi connectivity index (χ2n) is 14.7. The fourth-order valence-electron chi connectivity index (χ4n) is 5.86. The van der Waals surface area contributed by atoms with Crippen molar-refractivity contribution in [2.45, 2.75) is 200 Å². The number of carbonyl (C=O) groups excluding carboxylic acids is 3. The van der Waals surface area contributed by atoms with E-state index >= 15 is 0 Å². The SMILES string of the molecule is CC\C=C/C=C\C=C/C=C\C=C\C=C/CCCCCC(=O)OCC(COC(=O)CCCCCCCCCCCC)OC(=O)CCCCCCC/C=C\CCCC. The number of carbonyl (C=O) groups is 3. The van der Waals surface area contributed by atoms with Crippen LogP contribution in [0.5, 0.6) is 0 Å². The number of hydrogen-bond donors (Lipinski definition) is 0.